The van der Waals surface area contributed by atoms with Crippen LogP contribution in [0.5, 0.6) is 0 Å². The van der Waals surface area contributed by atoms with Crippen molar-refractivity contribution in [1.82, 2.24) is 5.32 Å². The van der Waals surface area contributed by atoms with E-state index in [-0.39, 0.29) is 6.04 Å². The summed E-state index contributed by atoms with van der Waals surface area (Å²) in [4.78, 5) is 0. The van der Waals surface area contributed by atoms with Crippen molar-refractivity contribution in [2.45, 2.75) is 25.3 Å². The van der Waals surface area contributed by atoms with Crippen LogP contribution < -0.4 is 5.32 Å². The van der Waals surface area contributed by atoms with Gasteiger partial charge in [0.25, 0.3) is 0 Å². The zero-order valence-corrected chi connectivity index (χ0v) is 11.6. The van der Waals surface area contributed by atoms with Crippen molar-refractivity contribution < 1.29 is 0 Å². The molecule has 0 amide bonds. The van der Waals surface area contributed by atoms with Gasteiger partial charge in [0.05, 0.1) is 6.04 Å². The molecular formula is C13H15BrClN. The maximum Gasteiger partial charge on any atom is 0.0545 e. The van der Waals surface area contributed by atoms with Crippen LogP contribution in [0.25, 0.3) is 0 Å². The van der Waals surface area contributed by atoms with Crippen molar-refractivity contribution in [1.29, 1.82) is 0 Å². The van der Waals surface area contributed by atoms with Crippen molar-refractivity contribution in [2.75, 3.05) is 7.05 Å². The first kappa shape index (κ1) is 12.2. The minimum Gasteiger partial charge on any atom is -0.310 e. The Bertz CT molecular complexity index is 414. The molecule has 0 aliphatic heterocycles. The predicted molar refractivity (Wildman–Crippen MR) is 72.9 cm³/mol. The average Bonchev–Trinajstić information content (AvgIpc) is 2.78. The Labute approximate surface area is 110 Å². The van der Waals surface area contributed by atoms with Crippen LogP contribution in [0.3, 0.4) is 0 Å². The van der Waals surface area contributed by atoms with E-state index in [1.54, 1.807) is 0 Å². The summed E-state index contributed by atoms with van der Waals surface area (Å²) in [6, 6.07) is 6.24. The van der Waals surface area contributed by atoms with E-state index in [0.717, 1.165) is 9.50 Å². The number of halogens is 2. The molecule has 0 bridgehead atoms. The molecular weight excluding hydrogens is 286 g/mol. The SMILES string of the molecule is CNC(C1=CCCC1)c1cc(Cl)ccc1Br. The van der Waals surface area contributed by atoms with Gasteiger partial charge in [0, 0.05) is 9.50 Å². The summed E-state index contributed by atoms with van der Waals surface area (Å²) in [5.41, 5.74) is 2.70. The first-order valence-electron chi connectivity index (χ1n) is 5.53. The van der Waals surface area contributed by atoms with Crippen molar-refractivity contribution in [2.24, 2.45) is 0 Å². The highest BCUT2D eigenvalue weighted by Crippen LogP contribution is 2.35. The molecule has 1 unspecified atom stereocenters. The van der Waals surface area contributed by atoms with Crippen LogP contribution in [0.2, 0.25) is 5.02 Å². The summed E-state index contributed by atoms with van der Waals surface area (Å²) >= 11 is 9.65. The predicted octanol–water partition coefficient (Wildman–Crippen LogP) is 4.47. The van der Waals surface area contributed by atoms with E-state index >= 15 is 0 Å². The van der Waals surface area contributed by atoms with Crippen LogP contribution in [0.15, 0.2) is 34.3 Å². The summed E-state index contributed by atoms with van der Waals surface area (Å²) in [6.07, 6.45) is 6.00. The van der Waals surface area contributed by atoms with Gasteiger partial charge in [-0.1, -0.05) is 39.2 Å². The molecule has 0 radical (unpaired) electrons. The van der Waals surface area contributed by atoms with E-state index in [0.29, 0.717) is 0 Å². The van der Waals surface area contributed by atoms with Crippen LogP contribution in [0, 0.1) is 0 Å². The molecule has 1 aliphatic rings. The highest BCUT2D eigenvalue weighted by atomic mass is 79.9. The quantitative estimate of drug-likeness (QED) is 0.812. The molecule has 0 aromatic heterocycles. The third-order valence-corrected chi connectivity index (χ3v) is 3.96. The van der Waals surface area contributed by atoms with Gasteiger partial charge >= 0.3 is 0 Å². The van der Waals surface area contributed by atoms with Crippen LogP contribution >= 0.6 is 27.5 Å². The zero-order chi connectivity index (χ0) is 11.5. The summed E-state index contributed by atoms with van der Waals surface area (Å²) in [6.45, 7) is 0. The van der Waals surface area contributed by atoms with Crippen molar-refractivity contribution in [3.8, 4) is 0 Å². The van der Waals surface area contributed by atoms with E-state index in [4.69, 9.17) is 11.6 Å². The lowest BCUT2D eigenvalue weighted by molar-refractivity contribution is 0.653. The molecule has 0 saturated carbocycles. The van der Waals surface area contributed by atoms with Gasteiger partial charge in [-0.3, -0.25) is 0 Å². The molecule has 0 saturated heterocycles. The molecule has 2 rings (SSSR count). The first-order chi connectivity index (χ1) is 7.72. The summed E-state index contributed by atoms with van der Waals surface area (Å²) in [5.74, 6) is 0. The number of hydrogen-bond acceptors (Lipinski definition) is 1. The third kappa shape index (κ3) is 2.50. The van der Waals surface area contributed by atoms with E-state index in [1.807, 2.05) is 25.2 Å². The topological polar surface area (TPSA) is 12.0 Å². The summed E-state index contributed by atoms with van der Waals surface area (Å²) in [5, 5.41) is 4.16. The number of likely N-dealkylation sites (N-methyl/N-ethyl adjacent to an activating group) is 1. The minimum absolute atomic E-state index is 0.288. The fourth-order valence-electron chi connectivity index (χ4n) is 2.23. The number of allylic oxidation sites excluding steroid dienone is 1. The molecule has 1 aromatic rings. The van der Waals surface area contributed by atoms with Crippen LogP contribution in [0.4, 0.5) is 0 Å². The molecule has 0 heterocycles. The Morgan fingerprint density at radius 3 is 2.88 bits per heavy atom. The highest BCUT2D eigenvalue weighted by molar-refractivity contribution is 9.10. The summed E-state index contributed by atoms with van der Waals surface area (Å²) in [7, 11) is 2.00. The maximum absolute atomic E-state index is 6.06. The Kier molecular flexibility index (Phi) is 4.06. The largest absolute Gasteiger partial charge is 0.310 e. The van der Waals surface area contributed by atoms with Gasteiger partial charge < -0.3 is 5.32 Å². The van der Waals surface area contributed by atoms with E-state index < -0.39 is 0 Å². The second-order valence-electron chi connectivity index (χ2n) is 4.06. The Morgan fingerprint density at radius 1 is 1.44 bits per heavy atom. The van der Waals surface area contributed by atoms with Gasteiger partial charge in [-0.25, -0.2) is 0 Å². The molecule has 86 valence electrons. The standard InChI is InChI=1S/C13H15BrClN/c1-16-13(9-4-2-3-5-9)11-8-10(15)6-7-12(11)14/h4,6-8,13,16H,2-3,5H2,1H3. The second-order valence-corrected chi connectivity index (χ2v) is 5.35. The van der Waals surface area contributed by atoms with Crippen LogP contribution in [-0.2, 0) is 0 Å². The lowest BCUT2D eigenvalue weighted by atomic mass is 9.98. The fraction of sp³-hybridized carbons (Fsp3) is 0.385. The molecule has 1 aromatic carbocycles. The molecule has 1 atom stereocenters. The number of benzene rings is 1. The summed E-state index contributed by atoms with van der Waals surface area (Å²) < 4.78 is 1.11. The smallest absolute Gasteiger partial charge is 0.0545 e. The minimum atomic E-state index is 0.288. The van der Waals surface area contributed by atoms with Gasteiger partial charge in [-0.15, -0.1) is 0 Å². The van der Waals surface area contributed by atoms with E-state index in [9.17, 15) is 0 Å². The first-order valence-corrected chi connectivity index (χ1v) is 6.70. The highest BCUT2D eigenvalue weighted by Gasteiger charge is 2.19. The van der Waals surface area contributed by atoms with E-state index in [1.165, 1.54) is 30.4 Å². The normalized spacial score (nSPS) is 17.3. The monoisotopic (exact) mass is 299 g/mol. The van der Waals surface area contributed by atoms with Crippen molar-refractivity contribution >= 4 is 27.5 Å². The second kappa shape index (κ2) is 5.35. The molecule has 1 N–H and O–H groups in total. The van der Waals surface area contributed by atoms with Gasteiger partial charge in [-0.05, 0) is 50.1 Å². The van der Waals surface area contributed by atoms with Gasteiger partial charge in [0.2, 0.25) is 0 Å². The Hall–Kier alpha value is -0.310. The maximum atomic E-state index is 6.06. The molecule has 3 heteroatoms. The van der Waals surface area contributed by atoms with Crippen LogP contribution in [0.1, 0.15) is 30.9 Å². The molecule has 0 fully saturated rings. The fourth-order valence-corrected chi connectivity index (χ4v) is 2.89. The third-order valence-electron chi connectivity index (χ3n) is 3.00. The van der Waals surface area contributed by atoms with Gasteiger partial charge in [0.15, 0.2) is 0 Å². The zero-order valence-electron chi connectivity index (χ0n) is 9.26. The number of rotatable bonds is 3. The molecule has 1 nitrogen and oxygen atoms in total. The number of nitrogens with one attached hydrogen (secondary N) is 1. The van der Waals surface area contributed by atoms with E-state index in [2.05, 4.69) is 27.3 Å². The lowest BCUT2D eigenvalue weighted by Gasteiger charge is -2.20. The number of hydrogen-bond donors (Lipinski definition) is 1. The van der Waals surface area contributed by atoms with Gasteiger partial charge in [-0.2, -0.15) is 0 Å². The lowest BCUT2D eigenvalue weighted by Crippen LogP contribution is -2.18. The van der Waals surface area contributed by atoms with Crippen LogP contribution in [-0.4, -0.2) is 7.05 Å². The molecule has 1 aliphatic carbocycles. The molecule has 0 spiro atoms. The van der Waals surface area contributed by atoms with Crippen molar-refractivity contribution in [3.63, 3.8) is 0 Å². The molecule has 16 heavy (non-hydrogen) atoms. The Balaban J connectivity index is 2.35. The van der Waals surface area contributed by atoms with Gasteiger partial charge in [0.1, 0.15) is 0 Å². The van der Waals surface area contributed by atoms with Crippen molar-refractivity contribution in [3.05, 3.63) is 44.9 Å². The average molecular weight is 301 g/mol. The Morgan fingerprint density at radius 2 is 2.25 bits per heavy atom.